The number of likely N-dealkylation sites (N-methyl/N-ethyl adjacent to an activating group) is 1. The van der Waals surface area contributed by atoms with Gasteiger partial charge in [-0.3, -0.25) is 0 Å². The number of carboxylic acids is 1. The molecule has 0 radical (unpaired) electrons. The van der Waals surface area contributed by atoms with Gasteiger partial charge < -0.3 is 10.0 Å². The highest BCUT2D eigenvalue weighted by Gasteiger charge is 2.19. The Morgan fingerprint density at radius 1 is 1.35 bits per heavy atom. The van der Waals surface area contributed by atoms with E-state index < -0.39 is 12.0 Å². The summed E-state index contributed by atoms with van der Waals surface area (Å²) in [6.45, 7) is 7.55. The van der Waals surface area contributed by atoms with Gasteiger partial charge in [-0.1, -0.05) is 13.8 Å². The number of carbonyl (C=O) groups is 1. The molecule has 0 saturated heterocycles. The highest BCUT2D eigenvalue weighted by molar-refractivity contribution is 5.76. The third-order valence-corrected chi connectivity index (χ3v) is 2.67. The molecule has 1 N–H and O–H groups in total. The summed E-state index contributed by atoms with van der Waals surface area (Å²) in [6, 6.07) is 1.19. The second-order valence-corrected chi connectivity index (χ2v) is 4.51. The van der Waals surface area contributed by atoms with Crippen molar-refractivity contribution < 1.29 is 9.90 Å². The Hall–Kier alpha value is -1.65. The van der Waals surface area contributed by atoms with E-state index in [0.29, 0.717) is 5.82 Å². The van der Waals surface area contributed by atoms with Crippen LogP contribution in [0.3, 0.4) is 0 Å². The minimum absolute atomic E-state index is 0.224. The Balaban J connectivity index is 3.09. The Bertz CT molecular complexity index is 418. The minimum Gasteiger partial charge on any atom is -0.480 e. The summed E-state index contributed by atoms with van der Waals surface area (Å²) >= 11 is 0. The highest BCUT2D eigenvalue weighted by Crippen LogP contribution is 2.17. The first kappa shape index (κ1) is 13.4. The zero-order valence-electron chi connectivity index (χ0n) is 10.9. The fraction of sp³-hybridized carbons (Fsp3) is 0.583. The van der Waals surface area contributed by atoms with Crippen molar-refractivity contribution in [2.24, 2.45) is 0 Å². The molecule has 1 unspecified atom stereocenters. The average Bonchev–Trinajstić information content (AvgIpc) is 2.25. The lowest BCUT2D eigenvalue weighted by Gasteiger charge is -2.23. The monoisotopic (exact) mass is 237 g/mol. The molecule has 5 heteroatoms. The van der Waals surface area contributed by atoms with Crippen LogP contribution in [0.15, 0.2) is 6.07 Å². The van der Waals surface area contributed by atoms with Crippen LogP contribution in [-0.2, 0) is 4.79 Å². The van der Waals surface area contributed by atoms with Gasteiger partial charge in [0.25, 0.3) is 0 Å². The Morgan fingerprint density at radius 2 is 1.94 bits per heavy atom. The molecule has 0 aliphatic rings. The first-order valence-electron chi connectivity index (χ1n) is 5.64. The fourth-order valence-corrected chi connectivity index (χ4v) is 1.38. The Morgan fingerprint density at radius 3 is 2.41 bits per heavy atom. The van der Waals surface area contributed by atoms with Gasteiger partial charge in [-0.25, -0.2) is 14.8 Å². The Kier molecular flexibility index (Phi) is 4.04. The van der Waals surface area contributed by atoms with Gasteiger partial charge in [-0.15, -0.1) is 0 Å². The fourth-order valence-electron chi connectivity index (χ4n) is 1.38. The lowest BCUT2D eigenvalue weighted by atomic mass is 10.2. The van der Waals surface area contributed by atoms with Crippen LogP contribution in [0.25, 0.3) is 0 Å². The number of anilines is 1. The summed E-state index contributed by atoms with van der Waals surface area (Å²) < 4.78 is 0. The van der Waals surface area contributed by atoms with Gasteiger partial charge in [0.1, 0.15) is 17.7 Å². The number of carboxylic acid groups (broad SMARTS) is 1. The predicted octanol–water partition coefficient (Wildman–Crippen LogP) is 1.82. The molecule has 0 amide bonds. The molecule has 0 bridgehead atoms. The van der Waals surface area contributed by atoms with E-state index in [1.807, 2.05) is 20.8 Å². The van der Waals surface area contributed by atoms with Crippen LogP contribution in [-0.4, -0.2) is 34.1 Å². The van der Waals surface area contributed by atoms with Crippen molar-refractivity contribution in [1.29, 1.82) is 0 Å². The molecule has 0 aliphatic heterocycles. The van der Waals surface area contributed by atoms with Gasteiger partial charge in [0, 0.05) is 24.7 Å². The molecule has 94 valence electrons. The normalized spacial score (nSPS) is 12.6. The van der Waals surface area contributed by atoms with Crippen LogP contribution in [0, 0.1) is 6.92 Å². The van der Waals surface area contributed by atoms with Crippen molar-refractivity contribution in [3.63, 3.8) is 0 Å². The summed E-state index contributed by atoms with van der Waals surface area (Å²) in [5, 5.41) is 8.98. The Labute approximate surface area is 102 Å². The van der Waals surface area contributed by atoms with Crippen molar-refractivity contribution in [2.75, 3.05) is 11.9 Å². The van der Waals surface area contributed by atoms with Crippen LogP contribution in [0.1, 0.15) is 38.2 Å². The second-order valence-electron chi connectivity index (χ2n) is 4.51. The van der Waals surface area contributed by atoms with E-state index in [9.17, 15) is 4.79 Å². The largest absolute Gasteiger partial charge is 0.480 e. The van der Waals surface area contributed by atoms with Crippen molar-refractivity contribution >= 4 is 11.8 Å². The molecular formula is C12H19N3O2. The summed E-state index contributed by atoms with van der Waals surface area (Å²) in [7, 11) is 1.73. The molecule has 0 fully saturated rings. The number of hydrogen-bond donors (Lipinski definition) is 1. The maximum absolute atomic E-state index is 10.9. The number of aliphatic carboxylic acids is 1. The molecular weight excluding hydrogens is 218 g/mol. The molecule has 1 atom stereocenters. The highest BCUT2D eigenvalue weighted by atomic mass is 16.4. The van der Waals surface area contributed by atoms with E-state index in [1.54, 1.807) is 24.9 Å². The van der Waals surface area contributed by atoms with Crippen molar-refractivity contribution in [3.05, 3.63) is 17.6 Å². The molecule has 1 heterocycles. The maximum atomic E-state index is 10.9. The zero-order chi connectivity index (χ0) is 13.2. The lowest BCUT2D eigenvalue weighted by Crippen LogP contribution is -2.36. The molecule has 1 aromatic rings. The first-order valence-corrected chi connectivity index (χ1v) is 5.64. The van der Waals surface area contributed by atoms with Crippen LogP contribution >= 0.6 is 0 Å². The van der Waals surface area contributed by atoms with E-state index in [0.717, 1.165) is 11.5 Å². The third-order valence-electron chi connectivity index (χ3n) is 2.67. The quantitative estimate of drug-likeness (QED) is 0.865. The number of rotatable bonds is 4. The van der Waals surface area contributed by atoms with Crippen molar-refractivity contribution in [3.8, 4) is 0 Å². The number of hydrogen-bond acceptors (Lipinski definition) is 4. The molecule has 1 aromatic heterocycles. The van der Waals surface area contributed by atoms with Gasteiger partial charge in [-0.2, -0.15) is 0 Å². The van der Waals surface area contributed by atoms with Gasteiger partial charge >= 0.3 is 5.97 Å². The summed E-state index contributed by atoms with van der Waals surface area (Å²) in [5.41, 5.74) is 0.850. The van der Waals surface area contributed by atoms with Crippen LogP contribution in [0.4, 0.5) is 5.82 Å². The van der Waals surface area contributed by atoms with E-state index in [-0.39, 0.29) is 5.92 Å². The van der Waals surface area contributed by atoms with E-state index in [2.05, 4.69) is 9.97 Å². The zero-order valence-corrected chi connectivity index (χ0v) is 10.9. The van der Waals surface area contributed by atoms with Crippen molar-refractivity contribution in [2.45, 2.75) is 39.7 Å². The SMILES string of the molecule is Cc1cc(N(C)C(C)C(=O)O)nc(C(C)C)n1. The number of aryl methyl sites for hydroxylation is 1. The van der Waals surface area contributed by atoms with E-state index in [4.69, 9.17) is 5.11 Å². The standard InChI is InChI=1S/C12H19N3O2/c1-7(2)11-13-8(3)6-10(14-11)15(5)9(4)12(16)17/h6-7,9H,1-5H3,(H,16,17). The average molecular weight is 237 g/mol. The summed E-state index contributed by atoms with van der Waals surface area (Å²) in [5.74, 6) is 0.748. The summed E-state index contributed by atoms with van der Waals surface area (Å²) in [4.78, 5) is 21.3. The molecule has 0 spiro atoms. The topological polar surface area (TPSA) is 66.3 Å². The van der Waals surface area contributed by atoms with Crippen LogP contribution < -0.4 is 4.90 Å². The molecule has 5 nitrogen and oxygen atoms in total. The summed E-state index contributed by atoms with van der Waals surface area (Å²) in [6.07, 6.45) is 0. The molecule has 1 rings (SSSR count). The molecule has 0 saturated carbocycles. The smallest absolute Gasteiger partial charge is 0.326 e. The molecule has 0 aromatic carbocycles. The third kappa shape index (κ3) is 3.15. The minimum atomic E-state index is -0.866. The first-order chi connectivity index (χ1) is 7.82. The van der Waals surface area contributed by atoms with Gasteiger partial charge in [0.15, 0.2) is 0 Å². The number of nitrogens with zero attached hydrogens (tertiary/aromatic N) is 3. The molecule has 0 aliphatic carbocycles. The van der Waals surface area contributed by atoms with Crippen molar-refractivity contribution in [1.82, 2.24) is 9.97 Å². The van der Waals surface area contributed by atoms with Crippen LogP contribution in [0.2, 0.25) is 0 Å². The lowest BCUT2D eigenvalue weighted by molar-refractivity contribution is -0.138. The van der Waals surface area contributed by atoms with Gasteiger partial charge in [0.2, 0.25) is 0 Å². The van der Waals surface area contributed by atoms with Crippen LogP contribution in [0.5, 0.6) is 0 Å². The van der Waals surface area contributed by atoms with E-state index >= 15 is 0 Å². The second kappa shape index (κ2) is 5.12. The number of aromatic nitrogens is 2. The van der Waals surface area contributed by atoms with Gasteiger partial charge in [-0.05, 0) is 13.8 Å². The van der Waals surface area contributed by atoms with Gasteiger partial charge in [0.05, 0.1) is 0 Å². The van der Waals surface area contributed by atoms with E-state index in [1.165, 1.54) is 0 Å². The maximum Gasteiger partial charge on any atom is 0.326 e. The molecule has 17 heavy (non-hydrogen) atoms. The predicted molar refractivity (Wildman–Crippen MR) is 66.4 cm³/mol.